The Kier molecular flexibility index (Phi) is 23.8. The standard InChI is InChI=1S/C2HB.V/c1-2-3;/h1H;. The molecule has 0 aliphatic carbocycles. The van der Waals surface area contributed by atoms with Crippen LogP contribution < -0.4 is 0 Å². The smallest absolute Gasteiger partial charge is 0.176 e. The van der Waals surface area contributed by atoms with Crippen LogP contribution >= 0.6 is 0 Å². The fourth-order valence-corrected chi connectivity index (χ4v) is 0. The van der Waals surface area contributed by atoms with E-state index in [9.17, 15) is 0 Å². The molecule has 17 valence electrons. The van der Waals surface area contributed by atoms with E-state index in [1.54, 1.807) is 5.82 Å². The second-order valence-electron chi connectivity index (χ2n) is 0.167. The van der Waals surface area contributed by atoms with Crippen LogP contribution in [0.1, 0.15) is 0 Å². The van der Waals surface area contributed by atoms with Crippen LogP contribution in [-0.2, 0) is 18.6 Å². The molecule has 0 aromatic heterocycles. The third-order valence-corrected chi connectivity index (χ3v) is 0. The molecule has 0 spiro atoms. The predicted octanol–water partition coefficient (Wildman–Crippen LogP) is -0.257. The van der Waals surface area contributed by atoms with E-state index in [0.29, 0.717) is 0 Å². The fourth-order valence-electron chi connectivity index (χ4n) is 0. The Hall–Kier alpha value is 0.209. The van der Waals surface area contributed by atoms with Crippen molar-refractivity contribution in [2.75, 3.05) is 0 Å². The summed E-state index contributed by atoms with van der Waals surface area (Å²) >= 11 is 0. The van der Waals surface area contributed by atoms with E-state index >= 15 is 0 Å². The summed E-state index contributed by atoms with van der Waals surface area (Å²) in [7, 11) is 4.38. The van der Waals surface area contributed by atoms with Crippen molar-refractivity contribution in [2.45, 2.75) is 0 Å². The number of rotatable bonds is 0. The summed E-state index contributed by atoms with van der Waals surface area (Å²) in [6.07, 6.45) is 4.38. The van der Waals surface area contributed by atoms with Crippen molar-refractivity contribution >= 4 is 7.85 Å². The number of hydrogen-bond acceptors (Lipinski definition) is 0. The first-order chi connectivity index (χ1) is 1.41. The normalized spacial score (nSPS) is 1.75. The van der Waals surface area contributed by atoms with E-state index in [1.807, 2.05) is 0 Å². The maximum Gasteiger partial charge on any atom is 0.187 e. The second-order valence-corrected chi connectivity index (χ2v) is 0.167. The molecule has 0 saturated carbocycles. The summed E-state index contributed by atoms with van der Waals surface area (Å²) in [6.45, 7) is 0. The molecule has 0 aromatic rings. The zero-order chi connectivity index (χ0) is 2.71. The third-order valence-electron chi connectivity index (χ3n) is 0. The second kappa shape index (κ2) is 10.7. The molecule has 0 bridgehead atoms. The molecule has 3 radical (unpaired) electrons. The van der Waals surface area contributed by atoms with Gasteiger partial charge in [0.25, 0.3) is 0 Å². The molecule has 2 heteroatoms. The molecular weight excluding hydrogens is 85.8 g/mol. The van der Waals surface area contributed by atoms with Gasteiger partial charge in [0.05, 0.1) is 0 Å². The van der Waals surface area contributed by atoms with E-state index in [1.165, 1.54) is 0 Å². The van der Waals surface area contributed by atoms with Crippen LogP contribution in [0.4, 0.5) is 0 Å². The van der Waals surface area contributed by atoms with E-state index in [0.717, 1.165) is 0 Å². The summed E-state index contributed by atoms with van der Waals surface area (Å²) in [5.74, 6) is 1.75. The molecule has 0 fully saturated rings. The van der Waals surface area contributed by atoms with Crippen molar-refractivity contribution in [2.24, 2.45) is 0 Å². The molecule has 0 aliphatic heterocycles. The Balaban J connectivity index is 0. The Bertz CT molecular complexity index is 27.5. The van der Waals surface area contributed by atoms with Crippen molar-refractivity contribution in [3.63, 3.8) is 0 Å². The topological polar surface area (TPSA) is 0 Å². The van der Waals surface area contributed by atoms with Crippen LogP contribution in [0.15, 0.2) is 0 Å². The van der Waals surface area contributed by atoms with Gasteiger partial charge in [-0.25, -0.2) is 0 Å². The maximum absolute atomic E-state index is 4.38. The zero-order valence-electron chi connectivity index (χ0n) is 2.10. The average Bonchev–Trinajstić information content (AvgIpc) is 0.918. The first kappa shape index (κ1) is 8.88. The van der Waals surface area contributed by atoms with Crippen LogP contribution in [0.25, 0.3) is 0 Å². The Morgan fingerprint density at radius 3 is 1.75 bits per heavy atom. The average molecular weight is 86.8 g/mol. The molecule has 0 aromatic carbocycles. The van der Waals surface area contributed by atoms with Gasteiger partial charge in [-0.05, 0) is 0 Å². The summed E-state index contributed by atoms with van der Waals surface area (Å²) in [4.78, 5) is 0. The fraction of sp³-hybridized carbons (Fsp3) is 0. The molecule has 0 atom stereocenters. The third kappa shape index (κ3) is 73.7. The number of terminal acetylenes is 1. The first-order valence-electron chi connectivity index (χ1n) is 0.577. The van der Waals surface area contributed by atoms with Gasteiger partial charge in [-0.2, -0.15) is 5.82 Å². The summed E-state index contributed by atoms with van der Waals surface area (Å²) in [5.41, 5.74) is 0. The zero-order valence-corrected chi connectivity index (χ0v) is 3.50. The van der Waals surface area contributed by atoms with Crippen LogP contribution in [0.5, 0.6) is 0 Å². The quantitative estimate of drug-likeness (QED) is 0.282. The maximum atomic E-state index is 4.38. The van der Waals surface area contributed by atoms with E-state index in [2.05, 4.69) is 14.3 Å². The summed E-state index contributed by atoms with van der Waals surface area (Å²) < 4.78 is 0. The van der Waals surface area contributed by atoms with Gasteiger partial charge in [-0.3, -0.25) is 0 Å². The van der Waals surface area contributed by atoms with Gasteiger partial charge in [0, 0.05) is 18.6 Å². The minimum absolute atomic E-state index is 0. The molecule has 4 heavy (non-hydrogen) atoms. The summed E-state index contributed by atoms with van der Waals surface area (Å²) in [6, 6.07) is 0. The molecule has 0 amide bonds. The van der Waals surface area contributed by atoms with Gasteiger partial charge in [-0.1, -0.05) is 0 Å². The van der Waals surface area contributed by atoms with Crippen molar-refractivity contribution in [1.29, 1.82) is 0 Å². The monoisotopic (exact) mass is 87.0 g/mol. The van der Waals surface area contributed by atoms with Crippen molar-refractivity contribution < 1.29 is 18.6 Å². The molecule has 0 N–H and O–H groups in total. The molecule has 0 rings (SSSR count). The van der Waals surface area contributed by atoms with Crippen LogP contribution in [-0.4, -0.2) is 7.85 Å². The van der Waals surface area contributed by atoms with Crippen LogP contribution in [0.3, 0.4) is 0 Å². The van der Waals surface area contributed by atoms with Gasteiger partial charge in [-0.15, -0.1) is 6.42 Å². The van der Waals surface area contributed by atoms with E-state index in [4.69, 9.17) is 0 Å². The minimum Gasteiger partial charge on any atom is -0.176 e. The Morgan fingerprint density at radius 1 is 1.75 bits per heavy atom. The van der Waals surface area contributed by atoms with Crippen molar-refractivity contribution in [3.8, 4) is 12.2 Å². The first-order valence-corrected chi connectivity index (χ1v) is 0.577. The van der Waals surface area contributed by atoms with Gasteiger partial charge in [0.1, 0.15) is 0 Å². The van der Waals surface area contributed by atoms with Crippen LogP contribution in [0, 0.1) is 12.2 Å². The number of hydrogen-bond donors (Lipinski definition) is 0. The predicted molar refractivity (Wildman–Crippen MR) is 14.6 cm³/mol. The van der Waals surface area contributed by atoms with Gasteiger partial charge in [0.2, 0.25) is 0 Å². The molecule has 0 nitrogen and oxygen atoms in total. The van der Waals surface area contributed by atoms with Crippen molar-refractivity contribution in [1.82, 2.24) is 0 Å². The summed E-state index contributed by atoms with van der Waals surface area (Å²) in [5, 5.41) is 0. The molecule has 0 saturated heterocycles. The SMILES string of the molecule is [B]C#C.[V]. The van der Waals surface area contributed by atoms with Gasteiger partial charge < -0.3 is 0 Å². The van der Waals surface area contributed by atoms with Gasteiger partial charge in [0.15, 0.2) is 7.85 Å². The van der Waals surface area contributed by atoms with Crippen LogP contribution in [0.2, 0.25) is 0 Å². The Labute approximate surface area is 39.3 Å². The Morgan fingerprint density at radius 2 is 1.75 bits per heavy atom. The molecule has 0 aliphatic rings. The van der Waals surface area contributed by atoms with Crippen molar-refractivity contribution in [3.05, 3.63) is 0 Å². The van der Waals surface area contributed by atoms with E-state index in [-0.39, 0.29) is 18.6 Å². The molecule has 0 heterocycles. The van der Waals surface area contributed by atoms with E-state index < -0.39 is 0 Å². The molecular formula is C2HBV. The molecule has 0 unspecified atom stereocenters. The minimum atomic E-state index is 0. The van der Waals surface area contributed by atoms with Gasteiger partial charge >= 0.3 is 0 Å². The largest absolute Gasteiger partial charge is 0.187 e.